The molecule has 0 aliphatic carbocycles. The molecule has 0 fully saturated rings. The molecule has 0 unspecified atom stereocenters. The highest BCUT2D eigenvalue weighted by Crippen LogP contribution is 2.48. The number of hydrogen-bond donors (Lipinski definition) is 0. The van der Waals surface area contributed by atoms with Crippen molar-refractivity contribution < 1.29 is 9.30 Å². The molecule has 0 N–H and O–H groups in total. The molecule has 1 aliphatic rings. The number of fused-ring (bicyclic) bond motifs is 3. The molecule has 0 saturated heterocycles. The molecule has 0 atom stereocenters. The Hall–Kier alpha value is -2.87. The molecular formula is C28H30NO+. The van der Waals surface area contributed by atoms with Gasteiger partial charge in [-0.15, -0.1) is 0 Å². The minimum atomic E-state index is 0.265. The summed E-state index contributed by atoms with van der Waals surface area (Å²) in [5.41, 5.74) is 9.24. The van der Waals surface area contributed by atoms with Gasteiger partial charge < -0.3 is 4.74 Å². The van der Waals surface area contributed by atoms with Gasteiger partial charge >= 0.3 is 0 Å². The van der Waals surface area contributed by atoms with Crippen LogP contribution in [0.2, 0.25) is 0 Å². The SMILES string of the molecule is Cc1cc2c3c(c(C)c(C)cc3c1)-c1c(cc3cc(CC(C)(C)C)ccc3[n+]1C)O2. The van der Waals surface area contributed by atoms with Crippen LogP contribution in [0.4, 0.5) is 0 Å². The van der Waals surface area contributed by atoms with Crippen molar-refractivity contribution in [1.29, 1.82) is 0 Å². The lowest BCUT2D eigenvalue weighted by molar-refractivity contribution is -0.633. The van der Waals surface area contributed by atoms with Crippen molar-refractivity contribution >= 4 is 21.7 Å². The molecular weight excluding hydrogens is 366 g/mol. The lowest BCUT2D eigenvalue weighted by Crippen LogP contribution is -2.33. The molecule has 152 valence electrons. The van der Waals surface area contributed by atoms with Gasteiger partial charge in [0, 0.05) is 17.5 Å². The van der Waals surface area contributed by atoms with E-state index >= 15 is 0 Å². The van der Waals surface area contributed by atoms with Gasteiger partial charge in [0.05, 0.1) is 10.9 Å². The van der Waals surface area contributed by atoms with Gasteiger partial charge in [-0.05, 0) is 72.4 Å². The highest BCUT2D eigenvalue weighted by Gasteiger charge is 2.31. The summed E-state index contributed by atoms with van der Waals surface area (Å²) in [6, 6.07) is 15.8. The van der Waals surface area contributed by atoms with Gasteiger partial charge in [0.15, 0.2) is 5.75 Å². The van der Waals surface area contributed by atoms with E-state index in [-0.39, 0.29) is 5.41 Å². The predicted octanol–water partition coefficient (Wildman–Crippen LogP) is 7.10. The average Bonchev–Trinajstić information content (AvgIpc) is 2.63. The van der Waals surface area contributed by atoms with Crippen LogP contribution in [-0.4, -0.2) is 0 Å². The van der Waals surface area contributed by atoms with E-state index in [2.05, 4.69) is 95.6 Å². The van der Waals surface area contributed by atoms with Gasteiger partial charge in [0.25, 0.3) is 5.69 Å². The van der Waals surface area contributed by atoms with Crippen molar-refractivity contribution in [2.75, 3.05) is 0 Å². The van der Waals surface area contributed by atoms with E-state index in [4.69, 9.17) is 4.74 Å². The van der Waals surface area contributed by atoms with Crippen LogP contribution >= 0.6 is 0 Å². The first-order chi connectivity index (χ1) is 14.1. The van der Waals surface area contributed by atoms with Crippen LogP contribution in [0.5, 0.6) is 11.5 Å². The largest absolute Gasteiger partial charge is 0.450 e. The first kappa shape index (κ1) is 19.1. The van der Waals surface area contributed by atoms with E-state index in [1.54, 1.807) is 0 Å². The molecule has 0 radical (unpaired) electrons. The zero-order valence-electron chi connectivity index (χ0n) is 19.1. The van der Waals surface area contributed by atoms with Crippen LogP contribution in [0.1, 0.15) is 43.0 Å². The minimum absolute atomic E-state index is 0.265. The topological polar surface area (TPSA) is 13.1 Å². The molecule has 0 spiro atoms. The number of rotatable bonds is 1. The normalized spacial score (nSPS) is 12.9. The molecule has 0 amide bonds. The van der Waals surface area contributed by atoms with Gasteiger partial charge in [0.1, 0.15) is 12.8 Å². The third kappa shape index (κ3) is 2.89. The molecule has 0 saturated carbocycles. The third-order valence-corrected chi connectivity index (χ3v) is 6.37. The highest BCUT2D eigenvalue weighted by molar-refractivity contribution is 6.05. The van der Waals surface area contributed by atoms with E-state index in [9.17, 15) is 0 Å². The maximum atomic E-state index is 6.53. The third-order valence-electron chi connectivity index (χ3n) is 6.37. The van der Waals surface area contributed by atoms with Crippen molar-refractivity contribution in [3.63, 3.8) is 0 Å². The highest BCUT2D eigenvalue weighted by atomic mass is 16.5. The quantitative estimate of drug-likeness (QED) is 0.275. The second kappa shape index (κ2) is 6.31. The number of hydrogen-bond acceptors (Lipinski definition) is 1. The molecule has 2 heteroatoms. The van der Waals surface area contributed by atoms with E-state index < -0.39 is 0 Å². The Labute approximate surface area is 179 Å². The van der Waals surface area contributed by atoms with Gasteiger partial charge in [-0.3, -0.25) is 0 Å². The summed E-state index contributed by atoms with van der Waals surface area (Å²) in [5.74, 6) is 1.92. The van der Waals surface area contributed by atoms with Gasteiger partial charge in [-0.1, -0.05) is 39.0 Å². The number of aryl methyl sites for hydroxylation is 3. The van der Waals surface area contributed by atoms with Crippen molar-refractivity contribution in [3.05, 3.63) is 64.7 Å². The smallest absolute Gasteiger partial charge is 0.256 e. The number of ether oxygens (including phenoxy) is 1. The van der Waals surface area contributed by atoms with E-state index in [1.807, 2.05) is 0 Å². The number of aromatic nitrogens is 1. The summed E-state index contributed by atoms with van der Waals surface area (Å²) in [6.45, 7) is 13.5. The summed E-state index contributed by atoms with van der Waals surface area (Å²) >= 11 is 0. The minimum Gasteiger partial charge on any atom is -0.450 e. The van der Waals surface area contributed by atoms with Crippen LogP contribution in [-0.2, 0) is 13.5 Å². The van der Waals surface area contributed by atoms with Gasteiger partial charge in [-0.25, -0.2) is 0 Å². The molecule has 3 aromatic carbocycles. The Balaban J connectivity index is 1.83. The lowest BCUT2D eigenvalue weighted by Gasteiger charge is -2.23. The number of benzene rings is 3. The standard InChI is InChI=1S/C28H30NO/c1-16-10-21-12-17(2)18(3)25-26(21)23(11-16)30-24-14-20-13-19(15-28(4,5)6)8-9-22(20)29(7)27(24)25/h8-14H,15H2,1-7H3/q+1. The molecule has 2 heterocycles. The summed E-state index contributed by atoms with van der Waals surface area (Å²) in [5, 5.41) is 3.72. The van der Waals surface area contributed by atoms with Crippen LogP contribution < -0.4 is 9.30 Å². The van der Waals surface area contributed by atoms with E-state index in [0.717, 1.165) is 17.9 Å². The Morgan fingerprint density at radius 1 is 0.867 bits per heavy atom. The molecule has 0 bridgehead atoms. The molecule has 30 heavy (non-hydrogen) atoms. The molecule has 1 aliphatic heterocycles. The Bertz CT molecular complexity index is 1360. The second-order valence-electron chi connectivity index (χ2n) is 10.2. The molecule has 2 nitrogen and oxygen atoms in total. The van der Waals surface area contributed by atoms with E-state index in [1.165, 1.54) is 55.2 Å². The van der Waals surface area contributed by atoms with Crippen LogP contribution in [0.25, 0.3) is 32.9 Å². The van der Waals surface area contributed by atoms with Crippen molar-refractivity contribution in [2.45, 2.75) is 48.0 Å². The molecule has 1 aromatic heterocycles. The zero-order chi connectivity index (χ0) is 21.4. The second-order valence-corrected chi connectivity index (χ2v) is 10.2. The van der Waals surface area contributed by atoms with Crippen LogP contribution in [0.15, 0.2) is 42.5 Å². The van der Waals surface area contributed by atoms with Crippen molar-refractivity contribution in [3.8, 4) is 22.8 Å². The first-order valence-electron chi connectivity index (χ1n) is 10.8. The summed E-state index contributed by atoms with van der Waals surface area (Å²) in [4.78, 5) is 0. The van der Waals surface area contributed by atoms with Crippen LogP contribution in [0.3, 0.4) is 0 Å². The van der Waals surface area contributed by atoms with Crippen LogP contribution in [0, 0.1) is 26.2 Å². The average molecular weight is 397 g/mol. The monoisotopic (exact) mass is 396 g/mol. The Morgan fingerprint density at radius 3 is 2.37 bits per heavy atom. The number of nitrogens with zero attached hydrogens (tertiary/aromatic N) is 1. The molecule has 4 aromatic rings. The lowest BCUT2D eigenvalue weighted by atomic mass is 9.87. The summed E-state index contributed by atoms with van der Waals surface area (Å²) < 4.78 is 8.85. The summed E-state index contributed by atoms with van der Waals surface area (Å²) in [6.07, 6.45) is 1.06. The fraction of sp³-hybridized carbons (Fsp3) is 0.321. The van der Waals surface area contributed by atoms with Gasteiger partial charge in [0.2, 0.25) is 5.52 Å². The maximum Gasteiger partial charge on any atom is 0.256 e. The fourth-order valence-electron chi connectivity index (χ4n) is 4.99. The zero-order valence-corrected chi connectivity index (χ0v) is 19.1. The van der Waals surface area contributed by atoms with Crippen molar-refractivity contribution in [2.24, 2.45) is 12.5 Å². The van der Waals surface area contributed by atoms with E-state index in [0.29, 0.717) is 0 Å². The summed E-state index contributed by atoms with van der Waals surface area (Å²) in [7, 11) is 2.17. The van der Waals surface area contributed by atoms with Crippen molar-refractivity contribution in [1.82, 2.24) is 0 Å². The fourth-order valence-corrected chi connectivity index (χ4v) is 4.99. The number of pyridine rings is 1. The first-order valence-corrected chi connectivity index (χ1v) is 10.8. The predicted molar refractivity (Wildman–Crippen MR) is 126 cm³/mol. The Morgan fingerprint density at radius 2 is 1.63 bits per heavy atom. The maximum absolute atomic E-state index is 6.53. The Kier molecular flexibility index (Phi) is 4.02. The van der Waals surface area contributed by atoms with Gasteiger partial charge in [-0.2, -0.15) is 4.57 Å². The molecule has 5 rings (SSSR count).